The van der Waals surface area contributed by atoms with Crippen molar-refractivity contribution in [3.8, 4) is 0 Å². The minimum Gasteiger partial charge on any atom is -0.464 e. The van der Waals surface area contributed by atoms with Gasteiger partial charge in [-0.15, -0.1) is 0 Å². The smallest absolute Gasteiger partial charge is 0.135 e. The van der Waals surface area contributed by atoms with Gasteiger partial charge in [0.1, 0.15) is 16.7 Å². The molecule has 2 heteroatoms. The van der Waals surface area contributed by atoms with Crippen LogP contribution in [0.2, 0.25) is 0 Å². The SMILES string of the molecule is c1ccc2c(c1)oc1ccccc12.c1ccc2occc2c1. The lowest BCUT2D eigenvalue weighted by molar-refractivity contribution is 0.616. The molecule has 22 heavy (non-hydrogen) atoms. The molecule has 0 aliphatic heterocycles. The van der Waals surface area contributed by atoms with Gasteiger partial charge in [-0.05, 0) is 24.3 Å². The third-order valence-electron chi connectivity index (χ3n) is 3.65. The molecule has 0 saturated carbocycles. The van der Waals surface area contributed by atoms with Crippen molar-refractivity contribution in [3.05, 3.63) is 85.1 Å². The summed E-state index contributed by atoms with van der Waals surface area (Å²) in [7, 11) is 0. The second-order valence-electron chi connectivity index (χ2n) is 5.05. The van der Waals surface area contributed by atoms with Crippen LogP contribution in [0.3, 0.4) is 0 Å². The average molecular weight is 286 g/mol. The number of benzene rings is 3. The van der Waals surface area contributed by atoms with E-state index in [1.807, 2.05) is 66.7 Å². The van der Waals surface area contributed by atoms with E-state index in [1.54, 1.807) is 6.26 Å². The first-order valence-electron chi connectivity index (χ1n) is 7.20. The molecule has 2 nitrogen and oxygen atoms in total. The molecule has 0 radical (unpaired) electrons. The molecular formula is C20H14O2. The van der Waals surface area contributed by atoms with E-state index >= 15 is 0 Å². The zero-order chi connectivity index (χ0) is 14.8. The van der Waals surface area contributed by atoms with Crippen LogP contribution in [0.5, 0.6) is 0 Å². The second kappa shape index (κ2) is 5.41. The van der Waals surface area contributed by atoms with Crippen LogP contribution in [0.15, 0.2) is 94.0 Å². The van der Waals surface area contributed by atoms with Crippen molar-refractivity contribution >= 4 is 32.9 Å². The molecule has 2 heterocycles. The number of hydrogen-bond donors (Lipinski definition) is 0. The average Bonchev–Trinajstić information content (AvgIpc) is 3.19. The third-order valence-corrected chi connectivity index (χ3v) is 3.65. The van der Waals surface area contributed by atoms with Crippen molar-refractivity contribution in [2.24, 2.45) is 0 Å². The van der Waals surface area contributed by atoms with Gasteiger partial charge in [-0.3, -0.25) is 0 Å². The predicted octanol–water partition coefficient (Wildman–Crippen LogP) is 6.02. The maximum absolute atomic E-state index is 5.65. The summed E-state index contributed by atoms with van der Waals surface area (Å²) >= 11 is 0. The Morgan fingerprint density at radius 1 is 0.500 bits per heavy atom. The highest BCUT2D eigenvalue weighted by Gasteiger charge is 2.03. The molecule has 0 amide bonds. The minimum absolute atomic E-state index is 0.956. The van der Waals surface area contributed by atoms with Gasteiger partial charge in [-0.1, -0.05) is 54.6 Å². The van der Waals surface area contributed by atoms with Crippen molar-refractivity contribution in [1.29, 1.82) is 0 Å². The molecule has 0 unspecified atom stereocenters. The first kappa shape index (κ1) is 12.7. The second-order valence-corrected chi connectivity index (χ2v) is 5.05. The zero-order valence-corrected chi connectivity index (χ0v) is 11.9. The van der Waals surface area contributed by atoms with Crippen LogP contribution in [-0.2, 0) is 0 Å². The molecule has 3 aromatic carbocycles. The topological polar surface area (TPSA) is 26.3 Å². The van der Waals surface area contributed by atoms with Crippen LogP contribution in [-0.4, -0.2) is 0 Å². The van der Waals surface area contributed by atoms with Gasteiger partial charge in [0.25, 0.3) is 0 Å². The minimum atomic E-state index is 0.956. The van der Waals surface area contributed by atoms with E-state index < -0.39 is 0 Å². The van der Waals surface area contributed by atoms with E-state index in [4.69, 9.17) is 8.83 Å². The molecule has 0 saturated heterocycles. The van der Waals surface area contributed by atoms with Crippen LogP contribution < -0.4 is 0 Å². The lowest BCUT2D eigenvalue weighted by Crippen LogP contribution is -1.62. The first-order chi connectivity index (χ1) is 10.9. The Morgan fingerprint density at radius 2 is 1.05 bits per heavy atom. The molecule has 0 aliphatic carbocycles. The normalized spacial score (nSPS) is 10.7. The summed E-state index contributed by atoms with van der Waals surface area (Å²) in [6.45, 7) is 0. The first-order valence-corrected chi connectivity index (χ1v) is 7.20. The highest BCUT2D eigenvalue weighted by molar-refractivity contribution is 6.04. The highest BCUT2D eigenvalue weighted by Crippen LogP contribution is 2.27. The maximum atomic E-state index is 5.65. The van der Waals surface area contributed by atoms with E-state index in [2.05, 4.69) is 12.1 Å². The maximum Gasteiger partial charge on any atom is 0.135 e. The van der Waals surface area contributed by atoms with Gasteiger partial charge < -0.3 is 8.83 Å². The summed E-state index contributed by atoms with van der Waals surface area (Å²) < 4.78 is 10.8. The lowest BCUT2D eigenvalue weighted by atomic mass is 10.2. The standard InChI is InChI=1S/C12H8O.C8H6O/c1-3-7-11-9(5-1)10-6-2-4-8-12(10)13-11;1-2-4-8-7(3-1)5-6-9-8/h1-8H;1-6H. The van der Waals surface area contributed by atoms with Crippen molar-refractivity contribution in [3.63, 3.8) is 0 Å². The summed E-state index contributed by atoms with van der Waals surface area (Å²) in [5.41, 5.74) is 2.88. The predicted molar refractivity (Wildman–Crippen MR) is 89.9 cm³/mol. The number of furan rings is 2. The van der Waals surface area contributed by atoms with Crippen LogP contribution >= 0.6 is 0 Å². The fraction of sp³-hybridized carbons (Fsp3) is 0. The number of hydrogen-bond acceptors (Lipinski definition) is 2. The van der Waals surface area contributed by atoms with Gasteiger partial charge in [0.15, 0.2) is 0 Å². The van der Waals surface area contributed by atoms with Crippen LogP contribution in [0.25, 0.3) is 32.9 Å². The number of fused-ring (bicyclic) bond motifs is 4. The van der Waals surface area contributed by atoms with Gasteiger partial charge >= 0.3 is 0 Å². The van der Waals surface area contributed by atoms with Gasteiger partial charge in [0.2, 0.25) is 0 Å². The van der Waals surface area contributed by atoms with Crippen molar-refractivity contribution in [2.75, 3.05) is 0 Å². The van der Waals surface area contributed by atoms with Crippen LogP contribution in [0.4, 0.5) is 0 Å². The molecular weight excluding hydrogens is 272 g/mol. The number of para-hydroxylation sites is 3. The molecule has 5 rings (SSSR count). The van der Waals surface area contributed by atoms with Crippen LogP contribution in [0.1, 0.15) is 0 Å². The van der Waals surface area contributed by atoms with Gasteiger partial charge in [0.05, 0.1) is 6.26 Å². The van der Waals surface area contributed by atoms with E-state index in [-0.39, 0.29) is 0 Å². The molecule has 0 spiro atoms. The van der Waals surface area contributed by atoms with Crippen molar-refractivity contribution in [1.82, 2.24) is 0 Å². The Morgan fingerprint density at radius 3 is 1.68 bits per heavy atom. The Hall–Kier alpha value is -3.00. The Balaban J connectivity index is 0.000000122. The molecule has 2 aromatic heterocycles. The Labute approximate surface area is 127 Å². The van der Waals surface area contributed by atoms with Gasteiger partial charge in [-0.25, -0.2) is 0 Å². The van der Waals surface area contributed by atoms with E-state index in [1.165, 1.54) is 10.8 Å². The summed E-state index contributed by atoms with van der Waals surface area (Å²) in [5.74, 6) is 0. The van der Waals surface area contributed by atoms with Gasteiger partial charge in [-0.2, -0.15) is 0 Å². The fourth-order valence-electron chi connectivity index (χ4n) is 2.58. The zero-order valence-electron chi connectivity index (χ0n) is 11.9. The van der Waals surface area contributed by atoms with E-state index in [0.717, 1.165) is 22.1 Å². The fourth-order valence-corrected chi connectivity index (χ4v) is 2.58. The largest absolute Gasteiger partial charge is 0.464 e. The third kappa shape index (κ3) is 2.25. The summed E-state index contributed by atoms with van der Waals surface area (Å²) in [4.78, 5) is 0. The van der Waals surface area contributed by atoms with E-state index in [9.17, 15) is 0 Å². The van der Waals surface area contributed by atoms with Gasteiger partial charge in [0, 0.05) is 16.2 Å². The van der Waals surface area contributed by atoms with Crippen molar-refractivity contribution in [2.45, 2.75) is 0 Å². The molecule has 0 bridgehead atoms. The molecule has 5 aromatic rings. The summed E-state index contributed by atoms with van der Waals surface area (Å²) in [6.07, 6.45) is 1.70. The molecule has 0 N–H and O–H groups in total. The monoisotopic (exact) mass is 286 g/mol. The Bertz CT molecular complexity index is 957. The Kier molecular flexibility index (Phi) is 3.13. The highest BCUT2D eigenvalue weighted by atomic mass is 16.3. The summed E-state index contributed by atoms with van der Waals surface area (Å²) in [5, 5.41) is 3.55. The molecule has 0 aliphatic rings. The quantitative estimate of drug-likeness (QED) is 0.348. The molecule has 0 fully saturated rings. The lowest BCUT2D eigenvalue weighted by Gasteiger charge is -1.85. The van der Waals surface area contributed by atoms with E-state index in [0.29, 0.717) is 0 Å². The molecule has 106 valence electrons. The van der Waals surface area contributed by atoms with Crippen LogP contribution in [0, 0.1) is 0 Å². The summed E-state index contributed by atoms with van der Waals surface area (Å²) in [6, 6.07) is 26.1. The van der Waals surface area contributed by atoms with Crippen molar-refractivity contribution < 1.29 is 8.83 Å². The molecule has 0 atom stereocenters. The number of rotatable bonds is 0.